The molecule has 76 valence electrons. The first-order valence-electron chi connectivity index (χ1n) is 4.85. The third-order valence-electron chi connectivity index (χ3n) is 2.77. The molecule has 0 saturated carbocycles. The molecule has 14 heavy (non-hydrogen) atoms. The molecule has 1 nitrogen and oxygen atoms in total. The Morgan fingerprint density at radius 3 is 2.64 bits per heavy atom. The second-order valence-corrected chi connectivity index (χ2v) is 4.73. The lowest BCUT2D eigenvalue weighted by Gasteiger charge is -2.09. The van der Waals surface area contributed by atoms with E-state index in [-0.39, 0.29) is 0 Å². The van der Waals surface area contributed by atoms with Crippen molar-refractivity contribution in [3.8, 4) is 0 Å². The maximum Gasteiger partial charge on any atom is 0.0595 e. The minimum Gasteiger partial charge on any atom is -0.314 e. The lowest BCUT2D eigenvalue weighted by atomic mass is 9.97. The van der Waals surface area contributed by atoms with Gasteiger partial charge in [0.2, 0.25) is 0 Å². The van der Waals surface area contributed by atoms with Crippen molar-refractivity contribution in [2.45, 2.75) is 25.3 Å². The number of nitrogens with one attached hydrogen (secondary N) is 1. The predicted octanol–water partition coefficient (Wildman–Crippen LogP) is 3.46. The molecule has 1 aromatic carbocycles. The lowest BCUT2D eigenvalue weighted by molar-refractivity contribution is 0.658. The third kappa shape index (κ3) is 2.05. The molecule has 1 heterocycles. The van der Waals surface area contributed by atoms with Gasteiger partial charge in [0.05, 0.1) is 10.0 Å². The minimum absolute atomic E-state index is 0.583. The van der Waals surface area contributed by atoms with Crippen molar-refractivity contribution in [1.82, 2.24) is 5.32 Å². The minimum atomic E-state index is 0.583. The van der Waals surface area contributed by atoms with E-state index >= 15 is 0 Å². The zero-order valence-electron chi connectivity index (χ0n) is 8.06. The Kier molecular flexibility index (Phi) is 3.01. The largest absolute Gasteiger partial charge is 0.314 e. The van der Waals surface area contributed by atoms with E-state index < -0.39 is 0 Å². The van der Waals surface area contributed by atoms with Crippen LogP contribution in [0.2, 0.25) is 10.0 Å². The Morgan fingerprint density at radius 1 is 1.29 bits per heavy atom. The van der Waals surface area contributed by atoms with Crippen LogP contribution in [0.5, 0.6) is 0 Å². The fraction of sp³-hybridized carbons (Fsp3) is 0.455. The number of benzene rings is 1. The van der Waals surface area contributed by atoms with Crippen LogP contribution in [0.1, 0.15) is 24.8 Å². The van der Waals surface area contributed by atoms with Gasteiger partial charge in [-0.1, -0.05) is 29.3 Å². The molecule has 1 aliphatic rings. The van der Waals surface area contributed by atoms with Crippen molar-refractivity contribution in [2.75, 3.05) is 6.54 Å². The van der Waals surface area contributed by atoms with Gasteiger partial charge in [0.25, 0.3) is 0 Å². The van der Waals surface area contributed by atoms with E-state index in [0.717, 1.165) is 6.54 Å². The van der Waals surface area contributed by atoms with Crippen molar-refractivity contribution < 1.29 is 0 Å². The topological polar surface area (TPSA) is 12.0 Å². The van der Waals surface area contributed by atoms with Gasteiger partial charge in [0.1, 0.15) is 0 Å². The summed E-state index contributed by atoms with van der Waals surface area (Å²) < 4.78 is 0. The summed E-state index contributed by atoms with van der Waals surface area (Å²) in [4.78, 5) is 0. The highest BCUT2D eigenvalue weighted by Crippen LogP contribution is 2.30. The van der Waals surface area contributed by atoms with E-state index in [1.54, 1.807) is 0 Å². The van der Waals surface area contributed by atoms with Crippen LogP contribution in [0.15, 0.2) is 18.2 Å². The zero-order chi connectivity index (χ0) is 10.1. The summed E-state index contributed by atoms with van der Waals surface area (Å²) in [5.74, 6) is 0.583. The number of halogens is 2. The van der Waals surface area contributed by atoms with Crippen LogP contribution in [0.3, 0.4) is 0 Å². The van der Waals surface area contributed by atoms with Crippen molar-refractivity contribution >= 4 is 23.2 Å². The summed E-state index contributed by atoms with van der Waals surface area (Å²) in [6.45, 7) is 3.25. The van der Waals surface area contributed by atoms with E-state index in [1.807, 2.05) is 12.1 Å². The second kappa shape index (κ2) is 4.09. The maximum atomic E-state index is 5.98. The summed E-state index contributed by atoms with van der Waals surface area (Å²) >= 11 is 11.8. The van der Waals surface area contributed by atoms with E-state index in [4.69, 9.17) is 23.2 Å². The van der Waals surface area contributed by atoms with Gasteiger partial charge in [-0.3, -0.25) is 0 Å². The molecule has 0 spiro atoms. The standard InChI is InChI=1S/C11H13Cl2N/c1-7-4-9(6-14-7)8-2-3-10(12)11(13)5-8/h2-3,5,7,9,14H,4,6H2,1H3. The van der Waals surface area contributed by atoms with Crippen LogP contribution in [0.4, 0.5) is 0 Å². The fourth-order valence-corrected chi connectivity index (χ4v) is 2.26. The highest BCUT2D eigenvalue weighted by Gasteiger charge is 2.22. The summed E-state index contributed by atoms with van der Waals surface area (Å²) in [7, 11) is 0. The van der Waals surface area contributed by atoms with Gasteiger partial charge in [0.15, 0.2) is 0 Å². The predicted molar refractivity (Wildman–Crippen MR) is 61.3 cm³/mol. The molecule has 2 unspecified atom stereocenters. The van der Waals surface area contributed by atoms with Gasteiger partial charge >= 0.3 is 0 Å². The maximum absolute atomic E-state index is 5.98. The quantitative estimate of drug-likeness (QED) is 0.778. The molecule has 1 saturated heterocycles. The molecule has 0 bridgehead atoms. The van der Waals surface area contributed by atoms with Crippen molar-refractivity contribution in [3.63, 3.8) is 0 Å². The number of hydrogen-bond acceptors (Lipinski definition) is 1. The van der Waals surface area contributed by atoms with Crippen molar-refractivity contribution in [3.05, 3.63) is 33.8 Å². The van der Waals surface area contributed by atoms with Gasteiger partial charge in [0, 0.05) is 12.6 Å². The van der Waals surface area contributed by atoms with Crippen molar-refractivity contribution in [1.29, 1.82) is 0 Å². The number of hydrogen-bond donors (Lipinski definition) is 1. The molecule has 2 rings (SSSR count). The van der Waals surface area contributed by atoms with E-state index in [1.165, 1.54) is 12.0 Å². The Morgan fingerprint density at radius 2 is 2.07 bits per heavy atom. The Labute approximate surface area is 94.4 Å². The second-order valence-electron chi connectivity index (χ2n) is 3.92. The molecule has 2 atom stereocenters. The first-order valence-corrected chi connectivity index (χ1v) is 5.60. The average molecular weight is 230 g/mol. The summed E-state index contributed by atoms with van der Waals surface area (Å²) in [6, 6.07) is 6.53. The Bertz CT molecular complexity index is 338. The smallest absolute Gasteiger partial charge is 0.0595 e. The zero-order valence-corrected chi connectivity index (χ0v) is 9.57. The lowest BCUT2D eigenvalue weighted by Crippen LogP contribution is -2.16. The third-order valence-corrected chi connectivity index (χ3v) is 3.50. The van der Waals surface area contributed by atoms with Gasteiger partial charge in [-0.05, 0) is 37.0 Å². The van der Waals surface area contributed by atoms with Gasteiger partial charge in [-0.15, -0.1) is 0 Å². The monoisotopic (exact) mass is 229 g/mol. The highest BCUT2D eigenvalue weighted by molar-refractivity contribution is 6.42. The Balaban J connectivity index is 2.20. The first-order chi connectivity index (χ1) is 6.66. The van der Waals surface area contributed by atoms with Crippen LogP contribution in [-0.2, 0) is 0 Å². The van der Waals surface area contributed by atoms with E-state index in [0.29, 0.717) is 22.0 Å². The average Bonchev–Trinajstić information content (AvgIpc) is 2.57. The van der Waals surface area contributed by atoms with Gasteiger partial charge < -0.3 is 5.32 Å². The van der Waals surface area contributed by atoms with Crippen LogP contribution in [-0.4, -0.2) is 12.6 Å². The number of rotatable bonds is 1. The summed E-state index contributed by atoms with van der Waals surface area (Å²) in [5, 5.41) is 4.72. The first kappa shape index (κ1) is 10.3. The van der Waals surface area contributed by atoms with Crippen LogP contribution in [0, 0.1) is 0 Å². The van der Waals surface area contributed by atoms with E-state index in [2.05, 4.69) is 18.3 Å². The molecule has 1 fully saturated rings. The molecular weight excluding hydrogens is 217 g/mol. The molecule has 0 radical (unpaired) electrons. The fourth-order valence-electron chi connectivity index (χ4n) is 1.96. The highest BCUT2D eigenvalue weighted by atomic mass is 35.5. The van der Waals surface area contributed by atoms with Gasteiger partial charge in [-0.25, -0.2) is 0 Å². The van der Waals surface area contributed by atoms with Crippen molar-refractivity contribution in [2.24, 2.45) is 0 Å². The molecule has 1 N–H and O–H groups in total. The van der Waals surface area contributed by atoms with Crippen LogP contribution >= 0.6 is 23.2 Å². The normalized spacial score (nSPS) is 26.8. The molecular formula is C11H13Cl2N. The molecule has 0 aliphatic carbocycles. The molecule has 0 amide bonds. The van der Waals surface area contributed by atoms with Crippen LogP contribution < -0.4 is 5.32 Å². The molecule has 3 heteroatoms. The van der Waals surface area contributed by atoms with E-state index in [9.17, 15) is 0 Å². The molecule has 1 aromatic rings. The molecule has 1 aliphatic heterocycles. The molecule has 0 aromatic heterocycles. The van der Waals surface area contributed by atoms with Crippen LogP contribution in [0.25, 0.3) is 0 Å². The Hall–Kier alpha value is -0.240. The summed E-state index contributed by atoms with van der Waals surface area (Å²) in [6.07, 6.45) is 1.18. The summed E-state index contributed by atoms with van der Waals surface area (Å²) in [5.41, 5.74) is 1.29. The SMILES string of the molecule is CC1CC(c2ccc(Cl)c(Cl)c2)CN1. The van der Waals surface area contributed by atoms with Gasteiger partial charge in [-0.2, -0.15) is 0 Å².